The molecule has 0 bridgehead atoms. The lowest BCUT2D eigenvalue weighted by atomic mass is 10.1. The first-order valence-corrected chi connectivity index (χ1v) is 6.89. The van der Waals surface area contributed by atoms with E-state index in [2.05, 4.69) is 6.07 Å². The zero-order chi connectivity index (χ0) is 15.9. The summed E-state index contributed by atoms with van der Waals surface area (Å²) in [7, 11) is 0. The summed E-state index contributed by atoms with van der Waals surface area (Å²) in [6, 6.07) is 17.4. The number of carbonyl (C=O) groups excluding carboxylic acids is 1. The van der Waals surface area contributed by atoms with Gasteiger partial charge in [-0.3, -0.25) is 0 Å². The molecule has 2 aromatic rings. The number of hydrogen-bond donors (Lipinski definition) is 0. The standard InChI is InChI=1S/C18H14N2O2/c1-2-17(15-7-3-13(11-19)4-8-15)22-18(21)16-9-5-14(12-20)6-10-16/h3-10,17H,2H2,1H3. The first-order valence-electron chi connectivity index (χ1n) is 6.89. The number of esters is 1. The Hall–Kier alpha value is -3.11. The van der Waals surface area contributed by atoms with Crippen LogP contribution in [0.4, 0.5) is 0 Å². The van der Waals surface area contributed by atoms with Crippen LogP contribution in [0.2, 0.25) is 0 Å². The van der Waals surface area contributed by atoms with Gasteiger partial charge in [0.25, 0.3) is 0 Å². The molecule has 2 rings (SSSR count). The maximum absolute atomic E-state index is 12.2. The van der Waals surface area contributed by atoms with Gasteiger partial charge >= 0.3 is 5.97 Å². The smallest absolute Gasteiger partial charge is 0.338 e. The molecule has 0 fully saturated rings. The molecule has 1 unspecified atom stereocenters. The Balaban J connectivity index is 2.13. The van der Waals surface area contributed by atoms with Gasteiger partial charge in [-0.15, -0.1) is 0 Å². The van der Waals surface area contributed by atoms with Crippen LogP contribution in [-0.2, 0) is 4.74 Å². The first-order chi connectivity index (χ1) is 10.7. The zero-order valence-electron chi connectivity index (χ0n) is 12.1. The van der Waals surface area contributed by atoms with Crippen LogP contribution in [-0.4, -0.2) is 5.97 Å². The number of benzene rings is 2. The van der Waals surface area contributed by atoms with Crippen LogP contribution >= 0.6 is 0 Å². The fraction of sp³-hybridized carbons (Fsp3) is 0.167. The minimum atomic E-state index is -0.430. The minimum Gasteiger partial charge on any atom is -0.454 e. The van der Waals surface area contributed by atoms with Gasteiger partial charge in [0.15, 0.2) is 0 Å². The molecule has 0 spiro atoms. The van der Waals surface area contributed by atoms with E-state index in [9.17, 15) is 4.79 Å². The highest BCUT2D eigenvalue weighted by Crippen LogP contribution is 2.23. The lowest BCUT2D eigenvalue weighted by molar-refractivity contribution is 0.0288. The molecule has 0 heterocycles. The molecule has 22 heavy (non-hydrogen) atoms. The highest BCUT2D eigenvalue weighted by molar-refractivity contribution is 5.89. The van der Waals surface area contributed by atoms with E-state index >= 15 is 0 Å². The van der Waals surface area contributed by atoms with Crippen LogP contribution in [0, 0.1) is 22.7 Å². The summed E-state index contributed by atoms with van der Waals surface area (Å²) in [6.45, 7) is 1.93. The third-order valence-electron chi connectivity index (χ3n) is 3.28. The van der Waals surface area contributed by atoms with Crippen molar-refractivity contribution in [3.8, 4) is 12.1 Å². The monoisotopic (exact) mass is 290 g/mol. The number of nitriles is 2. The van der Waals surface area contributed by atoms with Gasteiger partial charge in [-0.25, -0.2) is 4.79 Å². The van der Waals surface area contributed by atoms with Crippen molar-refractivity contribution >= 4 is 5.97 Å². The fourth-order valence-electron chi connectivity index (χ4n) is 2.04. The second-order valence-corrected chi connectivity index (χ2v) is 4.73. The molecule has 0 radical (unpaired) electrons. The van der Waals surface area contributed by atoms with Gasteiger partial charge in [-0.1, -0.05) is 19.1 Å². The van der Waals surface area contributed by atoms with E-state index in [0.29, 0.717) is 23.1 Å². The number of hydrogen-bond acceptors (Lipinski definition) is 4. The van der Waals surface area contributed by atoms with Crippen molar-refractivity contribution in [3.63, 3.8) is 0 Å². The third-order valence-corrected chi connectivity index (χ3v) is 3.28. The minimum absolute atomic E-state index is 0.365. The van der Waals surface area contributed by atoms with Crippen LogP contribution in [0.3, 0.4) is 0 Å². The van der Waals surface area contributed by atoms with Crippen LogP contribution in [0.25, 0.3) is 0 Å². The van der Waals surface area contributed by atoms with E-state index in [4.69, 9.17) is 15.3 Å². The summed E-state index contributed by atoms with van der Waals surface area (Å²) in [4.78, 5) is 12.2. The van der Waals surface area contributed by atoms with E-state index in [0.717, 1.165) is 5.56 Å². The van der Waals surface area contributed by atoms with Crippen molar-refractivity contribution in [2.45, 2.75) is 19.4 Å². The van der Waals surface area contributed by atoms with Gasteiger partial charge in [0.2, 0.25) is 0 Å². The molecule has 108 valence electrons. The summed E-state index contributed by atoms with van der Waals surface area (Å²) < 4.78 is 5.51. The summed E-state index contributed by atoms with van der Waals surface area (Å²) >= 11 is 0. The van der Waals surface area contributed by atoms with E-state index in [-0.39, 0.29) is 6.10 Å². The molecule has 0 saturated heterocycles. The number of rotatable bonds is 4. The molecular formula is C18H14N2O2. The van der Waals surface area contributed by atoms with E-state index < -0.39 is 5.97 Å². The second-order valence-electron chi connectivity index (χ2n) is 4.73. The average Bonchev–Trinajstić information content (AvgIpc) is 2.59. The molecule has 0 aliphatic heterocycles. The van der Waals surface area contributed by atoms with Crippen molar-refractivity contribution in [3.05, 3.63) is 70.8 Å². The Morgan fingerprint density at radius 3 is 1.95 bits per heavy atom. The largest absolute Gasteiger partial charge is 0.454 e. The SMILES string of the molecule is CCC(OC(=O)c1ccc(C#N)cc1)c1ccc(C#N)cc1. The van der Waals surface area contributed by atoms with Crippen molar-refractivity contribution < 1.29 is 9.53 Å². The lowest BCUT2D eigenvalue weighted by Crippen LogP contribution is -2.11. The Morgan fingerprint density at radius 2 is 1.50 bits per heavy atom. The van der Waals surface area contributed by atoms with E-state index in [1.807, 2.05) is 13.0 Å². The lowest BCUT2D eigenvalue weighted by Gasteiger charge is -2.16. The molecule has 0 amide bonds. The molecular weight excluding hydrogens is 276 g/mol. The molecule has 0 aliphatic carbocycles. The molecule has 2 aromatic carbocycles. The normalized spacial score (nSPS) is 11.0. The predicted molar refractivity (Wildman–Crippen MR) is 80.8 cm³/mol. The molecule has 0 N–H and O–H groups in total. The van der Waals surface area contributed by atoms with Crippen molar-refractivity contribution in [2.75, 3.05) is 0 Å². The van der Waals surface area contributed by atoms with Crippen LogP contribution in [0.1, 0.15) is 46.5 Å². The number of ether oxygens (including phenoxy) is 1. The quantitative estimate of drug-likeness (QED) is 0.804. The molecule has 4 heteroatoms. The average molecular weight is 290 g/mol. The molecule has 4 nitrogen and oxygen atoms in total. The molecule has 0 aromatic heterocycles. The van der Waals surface area contributed by atoms with Crippen molar-refractivity contribution in [2.24, 2.45) is 0 Å². The van der Waals surface area contributed by atoms with Crippen LogP contribution < -0.4 is 0 Å². The number of nitrogens with zero attached hydrogens (tertiary/aromatic N) is 2. The van der Waals surface area contributed by atoms with Gasteiger partial charge < -0.3 is 4.74 Å². The highest BCUT2D eigenvalue weighted by Gasteiger charge is 2.16. The van der Waals surface area contributed by atoms with Gasteiger partial charge in [0.05, 0.1) is 28.8 Å². The summed E-state index contributed by atoms with van der Waals surface area (Å²) in [6.07, 6.45) is 0.268. The van der Waals surface area contributed by atoms with Gasteiger partial charge in [0.1, 0.15) is 6.10 Å². The van der Waals surface area contributed by atoms with Crippen LogP contribution in [0.15, 0.2) is 48.5 Å². The maximum Gasteiger partial charge on any atom is 0.338 e. The zero-order valence-corrected chi connectivity index (χ0v) is 12.1. The topological polar surface area (TPSA) is 73.9 Å². The molecule has 0 saturated carbocycles. The fourth-order valence-corrected chi connectivity index (χ4v) is 2.04. The number of carbonyl (C=O) groups is 1. The van der Waals surface area contributed by atoms with Crippen LogP contribution in [0.5, 0.6) is 0 Å². The maximum atomic E-state index is 12.2. The first kappa shape index (κ1) is 15.3. The molecule has 1 atom stereocenters. The van der Waals surface area contributed by atoms with E-state index in [1.165, 1.54) is 0 Å². The third kappa shape index (κ3) is 3.50. The second kappa shape index (κ2) is 7.06. The van der Waals surface area contributed by atoms with Gasteiger partial charge in [0, 0.05) is 0 Å². The van der Waals surface area contributed by atoms with Gasteiger partial charge in [-0.2, -0.15) is 10.5 Å². The van der Waals surface area contributed by atoms with Gasteiger partial charge in [-0.05, 0) is 48.4 Å². The Kier molecular flexibility index (Phi) is 4.90. The molecule has 0 aliphatic rings. The van der Waals surface area contributed by atoms with E-state index in [1.54, 1.807) is 48.5 Å². The Bertz CT molecular complexity index is 735. The summed E-state index contributed by atoms with van der Waals surface area (Å²) in [5, 5.41) is 17.6. The summed E-state index contributed by atoms with van der Waals surface area (Å²) in [5.41, 5.74) is 2.32. The Morgan fingerprint density at radius 1 is 1.00 bits per heavy atom. The van der Waals surface area contributed by atoms with Crippen molar-refractivity contribution in [1.29, 1.82) is 10.5 Å². The van der Waals surface area contributed by atoms with Crippen molar-refractivity contribution in [1.82, 2.24) is 0 Å². The highest BCUT2D eigenvalue weighted by atomic mass is 16.5. The summed E-state index contributed by atoms with van der Waals surface area (Å²) in [5.74, 6) is -0.430. The predicted octanol–water partition coefficient (Wildman–Crippen LogP) is 3.74. The Labute approximate surface area is 129 Å².